The monoisotopic (exact) mass is 882 g/mol. The van der Waals surface area contributed by atoms with Crippen LogP contribution < -0.4 is 5.32 Å². The lowest BCUT2D eigenvalue weighted by molar-refractivity contribution is -0.290. The van der Waals surface area contributed by atoms with Gasteiger partial charge in [0.15, 0.2) is 17.7 Å². The van der Waals surface area contributed by atoms with Gasteiger partial charge in [-0.3, -0.25) is 9.59 Å². The molecule has 14 nitrogen and oxygen atoms in total. The molecule has 13 atom stereocenters. The van der Waals surface area contributed by atoms with E-state index >= 15 is 4.39 Å². The molecule has 5 rings (SSSR count). The average molecular weight is 883 g/mol. The molecule has 1 aromatic carbocycles. The zero-order valence-corrected chi connectivity index (χ0v) is 37.0. The van der Waals surface area contributed by atoms with Gasteiger partial charge in [-0.15, -0.1) is 0 Å². The molecule has 62 heavy (non-hydrogen) atoms. The van der Waals surface area contributed by atoms with E-state index in [1.54, 1.807) is 45.4 Å². The zero-order valence-electron chi connectivity index (χ0n) is 37.0. The Morgan fingerprint density at radius 1 is 1.03 bits per heavy atom. The number of amides is 1. The number of hydrogen-bond donors (Lipinski definition) is 2. The molecule has 3 aliphatic heterocycles. The fourth-order valence-corrected chi connectivity index (χ4v) is 9.56. The summed E-state index contributed by atoms with van der Waals surface area (Å²) in [4.78, 5) is 62.3. The van der Waals surface area contributed by atoms with Crippen LogP contribution >= 0.6 is 0 Å². The number of carbonyl (C=O) groups is 4. The largest absolute Gasteiger partial charge is 0.455 e. The Balaban J connectivity index is 1.44. The SMILES string of the molecule is CC[C@H]1OC(=O)[C@@](C)(F)C(=O)[C@H](C)[C@@H](O[C@@H]2O[C@H](C)C[C@H](NCCF)[C@@H]2O)[C@](C)(OC)C[C@@H](C)C(=O)[C@H](C)C2N(CCCCn3cnc(-c4ccc(F)cc4F)c3)C(=O)O[C@@]21C. The van der Waals surface area contributed by atoms with Crippen LogP contribution in [0.25, 0.3) is 11.3 Å². The number of esters is 1. The number of nitrogens with one attached hydrogen (secondary N) is 1. The summed E-state index contributed by atoms with van der Waals surface area (Å²) in [6.07, 6.45) is -2.44. The molecule has 2 N–H and O–H groups in total. The summed E-state index contributed by atoms with van der Waals surface area (Å²) in [5.74, 6) is -7.74. The molecule has 0 aliphatic carbocycles. The van der Waals surface area contributed by atoms with Gasteiger partial charge in [-0.25, -0.2) is 32.1 Å². The topological polar surface area (TPSA) is 168 Å². The van der Waals surface area contributed by atoms with Crippen LogP contribution in [0.4, 0.5) is 22.4 Å². The van der Waals surface area contributed by atoms with Crippen LogP contribution in [0.5, 0.6) is 0 Å². The third-order valence-corrected chi connectivity index (χ3v) is 13.0. The Hall–Kier alpha value is -3.97. The molecule has 1 unspecified atom stereocenters. The Morgan fingerprint density at radius 2 is 1.73 bits per heavy atom. The fraction of sp³-hybridized carbons (Fsp3) is 0.705. The van der Waals surface area contributed by atoms with Crippen molar-refractivity contribution in [2.45, 2.75) is 154 Å². The number of cyclic esters (lactones) is 1. The normalized spacial score (nSPS) is 36.3. The van der Waals surface area contributed by atoms with E-state index in [1.807, 2.05) is 0 Å². The Bertz CT molecular complexity index is 1920. The molecule has 18 heteroatoms. The first-order valence-corrected chi connectivity index (χ1v) is 21.4. The van der Waals surface area contributed by atoms with Crippen LogP contribution in [-0.2, 0) is 44.6 Å². The molecule has 0 saturated carbocycles. The van der Waals surface area contributed by atoms with Gasteiger partial charge in [0.25, 0.3) is 5.67 Å². The number of imidazole rings is 1. The maximum Gasteiger partial charge on any atom is 0.410 e. The number of carbonyl (C=O) groups excluding carboxylic acids is 4. The number of rotatable bonds is 13. The summed E-state index contributed by atoms with van der Waals surface area (Å²) in [5, 5.41) is 14.3. The number of hydrogen-bond acceptors (Lipinski definition) is 12. The highest BCUT2D eigenvalue weighted by Crippen LogP contribution is 2.43. The summed E-state index contributed by atoms with van der Waals surface area (Å²) < 4.78 is 89.9. The predicted molar refractivity (Wildman–Crippen MR) is 217 cm³/mol. The molecule has 3 fully saturated rings. The van der Waals surface area contributed by atoms with Gasteiger partial charge in [-0.05, 0) is 71.9 Å². The van der Waals surface area contributed by atoms with Gasteiger partial charge in [0.05, 0.1) is 35.9 Å². The lowest BCUT2D eigenvalue weighted by Gasteiger charge is -2.46. The van der Waals surface area contributed by atoms with E-state index in [4.69, 9.17) is 23.7 Å². The Labute approximate surface area is 360 Å². The van der Waals surface area contributed by atoms with E-state index in [1.165, 1.54) is 38.3 Å². The van der Waals surface area contributed by atoms with Crippen molar-refractivity contribution in [2.24, 2.45) is 17.8 Å². The second-order valence-electron chi connectivity index (χ2n) is 17.6. The van der Waals surface area contributed by atoms with Gasteiger partial charge >= 0.3 is 12.1 Å². The maximum absolute atomic E-state index is 16.9. The summed E-state index contributed by atoms with van der Waals surface area (Å²) in [5.41, 5.74) is -6.02. The second-order valence-corrected chi connectivity index (χ2v) is 17.6. The molecular weight excluding hydrogens is 820 g/mol. The number of fused-ring (bicyclic) bond motifs is 1. The summed E-state index contributed by atoms with van der Waals surface area (Å²) in [6.45, 7) is 11.8. The standard InChI is InChI=1S/C44H62F4N4O10/c1-10-33-44(8)36(52(41(57)62-44)18-12-11-17-51-22-32(50-23-51)29-14-13-28(46)20-30(29)47)26(4)34(53)24(2)21-42(6,58-9)38(27(5)37(55)43(7,48)40(56)60-33)61-39-35(54)31(49-16-15-45)19-25(3)59-39/h13-14,20,22-27,31,33,35-36,38-39,49,54H,10-12,15-19,21H2,1-9H3/t24-,25-,26+,27+,31+,33-,35+,36?,38-,39+,42-,43+,44-/m1/s1. The number of ketones is 2. The second kappa shape index (κ2) is 19.8. The zero-order chi connectivity index (χ0) is 45.9. The number of benzene rings is 1. The van der Waals surface area contributed by atoms with Gasteiger partial charge < -0.3 is 43.6 Å². The van der Waals surface area contributed by atoms with Gasteiger partial charge in [-0.1, -0.05) is 27.7 Å². The van der Waals surface area contributed by atoms with Crippen LogP contribution in [0, 0.1) is 29.4 Å². The highest BCUT2D eigenvalue weighted by molar-refractivity contribution is 6.08. The number of aliphatic hydroxyl groups is 1. The van der Waals surface area contributed by atoms with Crippen molar-refractivity contribution in [3.63, 3.8) is 0 Å². The van der Waals surface area contributed by atoms with Crippen molar-refractivity contribution >= 4 is 23.6 Å². The first kappa shape index (κ1) is 49.1. The van der Waals surface area contributed by atoms with Crippen LogP contribution in [0.3, 0.4) is 0 Å². The lowest BCUT2D eigenvalue weighted by Crippen LogP contribution is -2.62. The number of aliphatic hydroxyl groups excluding tert-OH is 1. The molecule has 0 radical (unpaired) electrons. The van der Waals surface area contributed by atoms with E-state index < -0.39 is 114 Å². The number of ether oxygens (including phenoxy) is 5. The molecule has 1 amide bonds. The molecule has 1 aromatic heterocycles. The molecule has 3 aliphatic rings. The van der Waals surface area contributed by atoms with Crippen molar-refractivity contribution in [3.8, 4) is 11.3 Å². The van der Waals surface area contributed by atoms with Crippen LogP contribution in [0.2, 0.25) is 0 Å². The molecule has 4 heterocycles. The number of halogens is 4. The third kappa shape index (κ3) is 10.0. The molecule has 2 aromatic rings. The smallest absolute Gasteiger partial charge is 0.410 e. The van der Waals surface area contributed by atoms with Gasteiger partial charge in [0.1, 0.15) is 36.3 Å². The highest BCUT2D eigenvalue weighted by Gasteiger charge is 2.61. The van der Waals surface area contributed by atoms with Gasteiger partial charge in [0, 0.05) is 68.4 Å². The van der Waals surface area contributed by atoms with Gasteiger partial charge in [0.2, 0.25) is 0 Å². The van der Waals surface area contributed by atoms with Crippen molar-refractivity contribution < 1.29 is 65.5 Å². The van der Waals surface area contributed by atoms with E-state index in [9.17, 15) is 37.5 Å². The minimum Gasteiger partial charge on any atom is -0.455 e. The molecule has 0 spiro atoms. The average Bonchev–Trinajstić information content (AvgIpc) is 3.80. The molecule has 3 saturated heterocycles. The minimum atomic E-state index is -3.26. The number of methoxy groups -OCH3 is 1. The molecular formula is C44H62F4N4O10. The van der Waals surface area contributed by atoms with Crippen LogP contribution in [0.1, 0.15) is 87.5 Å². The van der Waals surface area contributed by atoms with Crippen molar-refractivity contribution in [3.05, 3.63) is 42.4 Å². The van der Waals surface area contributed by atoms with E-state index in [0.29, 0.717) is 31.5 Å². The number of unbranched alkanes of at least 4 members (excludes halogenated alkanes) is 1. The van der Waals surface area contributed by atoms with E-state index in [2.05, 4.69) is 10.3 Å². The summed E-state index contributed by atoms with van der Waals surface area (Å²) >= 11 is 0. The van der Waals surface area contributed by atoms with Crippen LogP contribution in [-0.4, -0.2) is 130 Å². The van der Waals surface area contributed by atoms with E-state index in [0.717, 1.165) is 19.1 Å². The Kier molecular flexibility index (Phi) is 15.7. The summed E-state index contributed by atoms with van der Waals surface area (Å²) in [6, 6.07) is 1.56. The maximum atomic E-state index is 16.9. The number of aromatic nitrogens is 2. The number of aryl methyl sites for hydroxylation is 1. The minimum absolute atomic E-state index is 0.0218. The van der Waals surface area contributed by atoms with Gasteiger partial charge in [-0.2, -0.15) is 0 Å². The predicted octanol–water partition coefficient (Wildman–Crippen LogP) is 5.90. The molecule has 0 bridgehead atoms. The van der Waals surface area contributed by atoms with E-state index in [-0.39, 0.29) is 37.3 Å². The van der Waals surface area contributed by atoms with Crippen LogP contribution in [0.15, 0.2) is 30.7 Å². The van der Waals surface area contributed by atoms with Crippen molar-refractivity contribution in [2.75, 3.05) is 26.9 Å². The summed E-state index contributed by atoms with van der Waals surface area (Å²) in [7, 11) is 1.34. The Morgan fingerprint density at radius 3 is 2.37 bits per heavy atom. The number of nitrogens with zero attached hydrogens (tertiary/aromatic N) is 3. The first-order valence-electron chi connectivity index (χ1n) is 21.4. The number of alkyl halides is 2. The highest BCUT2D eigenvalue weighted by atomic mass is 19.1. The number of Topliss-reactive ketones (excluding diaryl/α,β-unsaturated/α-hetero) is 2. The molecule has 346 valence electrons. The lowest BCUT2D eigenvalue weighted by atomic mass is 9.73. The third-order valence-electron chi connectivity index (χ3n) is 13.0. The first-order chi connectivity index (χ1) is 29.1. The van der Waals surface area contributed by atoms with Crippen molar-refractivity contribution in [1.29, 1.82) is 0 Å². The fourth-order valence-electron chi connectivity index (χ4n) is 9.56. The quantitative estimate of drug-likeness (QED) is 0.106. The van der Waals surface area contributed by atoms with Crippen molar-refractivity contribution in [1.82, 2.24) is 19.8 Å².